The standard InChI is InChI=1S/C18H20O3S/c1-13-4-8-18(9-5-13)22(20,21)12-17(19)11-16-7-6-14(2)15(3)10-16/h4-10H,11-12H2,1-3H3. The van der Waals surface area contributed by atoms with Gasteiger partial charge >= 0.3 is 0 Å². The van der Waals surface area contributed by atoms with Crippen molar-refractivity contribution in [1.29, 1.82) is 0 Å². The molecule has 0 aliphatic carbocycles. The van der Waals surface area contributed by atoms with Crippen molar-refractivity contribution in [3.8, 4) is 0 Å². The second-order valence-electron chi connectivity index (χ2n) is 5.71. The van der Waals surface area contributed by atoms with Gasteiger partial charge in [0.05, 0.1) is 4.90 Å². The summed E-state index contributed by atoms with van der Waals surface area (Å²) in [5.74, 6) is -0.743. The van der Waals surface area contributed by atoms with E-state index in [0.717, 1.165) is 22.3 Å². The second-order valence-corrected chi connectivity index (χ2v) is 7.70. The molecule has 0 unspecified atom stereocenters. The minimum Gasteiger partial charge on any atom is -0.298 e. The predicted octanol–water partition coefficient (Wildman–Crippen LogP) is 3.20. The molecule has 0 radical (unpaired) electrons. The van der Waals surface area contributed by atoms with Gasteiger partial charge in [-0.25, -0.2) is 8.42 Å². The average Bonchev–Trinajstić information content (AvgIpc) is 2.42. The summed E-state index contributed by atoms with van der Waals surface area (Å²) in [6.45, 7) is 5.87. The highest BCUT2D eigenvalue weighted by molar-refractivity contribution is 7.92. The van der Waals surface area contributed by atoms with Crippen molar-refractivity contribution in [3.63, 3.8) is 0 Å². The summed E-state index contributed by atoms with van der Waals surface area (Å²) < 4.78 is 24.5. The summed E-state index contributed by atoms with van der Waals surface area (Å²) in [7, 11) is -3.56. The number of rotatable bonds is 5. The third kappa shape index (κ3) is 4.04. The number of ketones is 1. The zero-order valence-corrected chi connectivity index (χ0v) is 13.9. The molecular weight excluding hydrogens is 296 g/mol. The van der Waals surface area contributed by atoms with E-state index in [1.807, 2.05) is 39.0 Å². The van der Waals surface area contributed by atoms with Crippen molar-refractivity contribution >= 4 is 15.6 Å². The Morgan fingerprint density at radius 3 is 2.14 bits per heavy atom. The van der Waals surface area contributed by atoms with Crippen molar-refractivity contribution in [1.82, 2.24) is 0 Å². The van der Waals surface area contributed by atoms with Crippen LogP contribution >= 0.6 is 0 Å². The number of hydrogen-bond donors (Lipinski definition) is 0. The van der Waals surface area contributed by atoms with Gasteiger partial charge in [-0.05, 0) is 49.6 Å². The van der Waals surface area contributed by atoms with Gasteiger partial charge in [0, 0.05) is 6.42 Å². The lowest BCUT2D eigenvalue weighted by molar-refractivity contribution is -0.116. The van der Waals surface area contributed by atoms with Crippen molar-refractivity contribution < 1.29 is 13.2 Å². The molecule has 0 spiro atoms. The molecule has 0 saturated heterocycles. The Morgan fingerprint density at radius 1 is 0.909 bits per heavy atom. The molecule has 0 saturated carbocycles. The van der Waals surface area contributed by atoms with Crippen LogP contribution in [-0.2, 0) is 21.1 Å². The molecule has 0 N–H and O–H groups in total. The number of Topliss-reactive ketones (excluding diaryl/α,β-unsaturated/α-hetero) is 1. The molecule has 0 aliphatic rings. The van der Waals surface area contributed by atoms with E-state index in [0.29, 0.717) is 0 Å². The molecular formula is C18H20O3S. The van der Waals surface area contributed by atoms with E-state index in [2.05, 4.69) is 0 Å². The third-order valence-electron chi connectivity index (χ3n) is 3.70. The lowest BCUT2D eigenvalue weighted by atomic mass is 10.0. The molecule has 0 aromatic heterocycles. The van der Waals surface area contributed by atoms with Gasteiger partial charge in [0.15, 0.2) is 15.6 Å². The lowest BCUT2D eigenvalue weighted by Crippen LogP contribution is -2.18. The Kier molecular flexibility index (Phi) is 4.81. The Hall–Kier alpha value is -1.94. The minimum atomic E-state index is -3.56. The number of benzene rings is 2. The fourth-order valence-corrected chi connectivity index (χ4v) is 3.48. The van der Waals surface area contributed by atoms with Gasteiger partial charge in [0.2, 0.25) is 0 Å². The smallest absolute Gasteiger partial charge is 0.185 e. The van der Waals surface area contributed by atoms with Crippen molar-refractivity contribution in [2.45, 2.75) is 32.1 Å². The van der Waals surface area contributed by atoms with Crippen LogP contribution in [0.4, 0.5) is 0 Å². The highest BCUT2D eigenvalue weighted by Crippen LogP contribution is 2.14. The number of carbonyl (C=O) groups is 1. The minimum absolute atomic E-state index is 0.145. The highest BCUT2D eigenvalue weighted by Gasteiger charge is 2.19. The summed E-state index contributed by atoms with van der Waals surface area (Å²) in [6, 6.07) is 12.3. The molecule has 0 heterocycles. The molecule has 0 bridgehead atoms. The van der Waals surface area contributed by atoms with Crippen LogP contribution < -0.4 is 0 Å². The molecule has 22 heavy (non-hydrogen) atoms. The van der Waals surface area contributed by atoms with Gasteiger partial charge in [0.25, 0.3) is 0 Å². The van der Waals surface area contributed by atoms with Crippen LogP contribution in [0.3, 0.4) is 0 Å². The van der Waals surface area contributed by atoms with Crippen LogP contribution in [0.15, 0.2) is 47.4 Å². The summed E-state index contributed by atoms with van der Waals surface area (Å²) in [5, 5.41) is 0. The maximum Gasteiger partial charge on any atom is 0.185 e. The summed E-state index contributed by atoms with van der Waals surface area (Å²) in [5.41, 5.74) is 4.10. The van der Waals surface area contributed by atoms with Crippen LogP contribution in [0.2, 0.25) is 0 Å². The zero-order chi connectivity index (χ0) is 16.3. The largest absolute Gasteiger partial charge is 0.298 e. The van der Waals surface area contributed by atoms with E-state index in [1.54, 1.807) is 24.3 Å². The van der Waals surface area contributed by atoms with E-state index >= 15 is 0 Å². The first-order valence-electron chi connectivity index (χ1n) is 7.15. The van der Waals surface area contributed by atoms with E-state index < -0.39 is 15.6 Å². The molecule has 0 aliphatic heterocycles. The first-order chi connectivity index (χ1) is 10.3. The molecule has 116 valence electrons. The second kappa shape index (κ2) is 6.44. The number of sulfone groups is 1. The molecule has 0 atom stereocenters. The molecule has 2 rings (SSSR count). The van der Waals surface area contributed by atoms with Gasteiger partial charge in [-0.3, -0.25) is 4.79 Å². The number of carbonyl (C=O) groups excluding carboxylic acids is 1. The maximum absolute atomic E-state index is 12.2. The van der Waals surface area contributed by atoms with Gasteiger partial charge in [-0.1, -0.05) is 35.9 Å². The number of aryl methyl sites for hydroxylation is 3. The van der Waals surface area contributed by atoms with Crippen molar-refractivity contribution in [2.75, 3.05) is 5.75 Å². The molecule has 3 nitrogen and oxygen atoms in total. The molecule has 4 heteroatoms. The highest BCUT2D eigenvalue weighted by atomic mass is 32.2. The Balaban J connectivity index is 2.10. The molecule has 0 fully saturated rings. The zero-order valence-electron chi connectivity index (χ0n) is 13.1. The van der Waals surface area contributed by atoms with E-state index in [4.69, 9.17) is 0 Å². The number of hydrogen-bond acceptors (Lipinski definition) is 3. The van der Waals surface area contributed by atoms with Gasteiger partial charge in [0.1, 0.15) is 5.75 Å². The quantitative estimate of drug-likeness (QED) is 0.851. The van der Waals surface area contributed by atoms with Gasteiger partial charge in [-0.15, -0.1) is 0 Å². The normalized spacial score (nSPS) is 11.4. The predicted molar refractivity (Wildman–Crippen MR) is 87.9 cm³/mol. The SMILES string of the molecule is Cc1ccc(S(=O)(=O)CC(=O)Cc2ccc(C)c(C)c2)cc1. The fraction of sp³-hybridized carbons (Fsp3) is 0.278. The van der Waals surface area contributed by atoms with Crippen LogP contribution in [0.1, 0.15) is 22.3 Å². The van der Waals surface area contributed by atoms with E-state index in [-0.39, 0.29) is 17.1 Å². The Labute approximate surface area is 131 Å². The van der Waals surface area contributed by atoms with Gasteiger partial charge < -0.3 is 0 Å². The molecule has 2 aromatic rings. The first kappa shape index (κ1) is 16.4. The fourth-order valence-electron chi connectivity index (χ4n) is 2.23. The topological polar surface area (TPSA) is 51.2 Å². The van der Waals surface area contributed by atoms with Crippen molar-refractivity contribution in [2.24, 2.45) is 0 Å². The third-order valence-corrected chi connectivity index (χ3v) is 5.40. The summed E-state index contributed by atoms with van der Waals surface area (Å²) in [6.07, 6.45) is 0.145. The van der Waals surface area contributed by atoms with Crippen molar-refractivity contribution in [3.05, 3.63) is 64.7 Å². The molecule has 0 amide bonds. The van der Waals surface area contributed by atoms with Crippen LogP contribution in [0, 0.1) is 20.8 Å². The molecule has 2 aromatic carbocycles. The Bertz CT molecular complexity index is 788. The Morgan fingerprint density at radius 2 is 1.55 bits per heavy atom. The monoisotopic (exact) mass is 316 g/mol. The maximum atomic E-state index is 12.2. The van der Waals surface area contributed by atoms with Gasteiger partial charge in [-0.2, -0.15) is 0 Å². The van der Waals surface area contributed by atoms with Crippen LogP contribution in [0.25, 0.3) is 0 Å². The van der Waals surface area contributed by atoms with Crippen LogP contribution in [-0.4, -0.2) is 20.0 Å². The first-order valence-corrected chi connectivity index (χ1v) is 8.80. The lowest BCUT2D eigenvalue weighted by Gasteiger charge is -2.06. The van der Waals surface area contributed by atoms with E-state index in [9.17, 15) is 13.2 Å². The van der Waals surface area contributed by atoms with E-state index in [1.165, 1.54) is 0 Å². The average molecular weight is 316 g/mol. The summed E-state index contributed by atoms with van der Waals surface area (Å²) in [4.78, 5) is 12.3. The summed E-state index contributed by atoms with van der Waals surface area (Å²) >= 11 is 0. The van der Waals surface area contributed by atoms with Crippen LogP contribution in [0.5, 0.6) is 0 Å².